The van der Waals surface area contributed by atoms with Crippen molar-refractivity contribution in [1.82, 2.24) is 14.8 Å². The van der Waals surface area contributed by atoms with Crippen molar-refractivity contribution in [1.29, 1.82) is 0 Å². The molecule has 19 heavy (non-hydrogen) atoms. The van der Waals surface area contributed by atoms with Crippen molar-refractivity contribution in [3.8, 4) is 0 Å². The summed E-state index contributed by atoms with van der Waals surface area (Å²) in [5, 5.41) is 3.23. The number of rotatable bonds is 5. The molecule has 2 heterocycles. The standard InChI is InChI=1S/C15H26N4/c1-4-16-15-7-6-14(10-17-15)12-18-8-9-19(5-2)13(3)11-18/h6-7,10,13H,4-5,8-9,11-12H2,1-3H3,(H,16,17). The van der Waals surface area contributed by atoms with Gasteiger partial charge in [-0.2, -0.15) is 0 Å². The third-order valence-electron chi connectivity index (χ3n) is 3.84. The average molecular weight is 262 g/mol. The molecule has 1 aliphatic rings. The van der Waals surface area contributed by atoms with E-state index in [1.54, 1.807) is 0 Å². The first-order valence-electron chi connectivity index (χ1n) is 7.38. The van der Waals surface area contributed by atoms with Gasteiger partial charge in [-0.15, -0.1) is 0 Å². The summed E-state index contributed by atoms with van der Waals surface area (Å²) in [6.07, 6.45) is 1.99. The molecule has 0 radical (unpaired) electrons. The van der Waals surface area contributed by atoms with Crippen LogP contribution in [0.25, 0.3) is 0 Å². The minimum Gasteiger partial charge on any atom is -0.370 e. The first-order chi connectivity index (χ1) is 9.22. The van der Waals surface area contributed by atoms with Gasteiger partial charge in [0.25, 0.3) is 0 Å². The normalized spacial score (nSPS) is 21.5. The number of anilines is 1. The number of nitrogens with zero attached hydrogens (tertiary/aromatic N) is 3. The first-order valence-corrected chi connectivity index (χ1v) is 7.38. The summed E-state index contributed by atoms with van der Waals surface area (Å²) in [4.78, 5) is 9.51. The minimum atomic E-state index is 0.660. The zero-order valence-electron chi connectivity index (χ0n) is 12.4. The molecule has 0 spiro atoms. The second kappa shape index (κ2) is 6.87. The lowest BCUT2D eigenvalue weighted by atomic mass is 10.1. The van der Waals surface area contributed by atoms with E-state index in [2.05, 4.69) is 53.0 Å². The van der Waals surface area contributed by atoms with Crippen LogP contribution in [0.5, 0.6) is 0 Å². The monoisotopic (exact) mass is 262 g/mol. The van der Waals surface area contributed by atoms with Crippen molar-refractivity contribution < 1.29 is 0 Å². The lowest BCUT2D eigenvalue weighted by molar-refractivity contribution is 0.0834. The Kier molecular flexibility index (Phi) is 5.16. The maximum Gasteiger partial charge on any atom is 0.125 e. The summed E-state index contributed by atoms with van der Waals surface area (Å²) >= 11 is 0. The Morgan fingerprint density at radius 2 is 2.16 bits per heavy atom. The number of pyridine rings is 1. The van der Waals surface area contributed by atoms with Crippen LogP contribution in [0.3, 0.4) is 0 Å². The summed E-state index contributed by atoms with van der Waals surface area (Å²) in [5.74, 6) is 0.968. The topological polar surface area (TPSA) is 31.4 Å². The van der Waals surface area contributed by atoms with Gasteiger partial charge in [0.15, 0.2) is 0 Å². The predicted octanol–water partition coefficient (Wildman–Crippen LogP) is 2.04. The second-order valence-electron chi connectivity index (χ2n) is 5.29. The molecule has 1 atom stereocenters. The predicted molar refractivity (Wildman–Crippen MR) is 80.4 cm³/mol. The van der Waals surface area contributed by atoms with Crippen LogP contribution in [0.1, 0.15) is 26.3 Å². The molecule has 1 aromatic rings. The molecule has 0 aromatic carbocycles. The van der Waals surface area contributed by atoms with Crippen LogP contribution in [0.2, 0.25) is 0 Å². The fourth-order valence-corrected chi connectivity index (χ4v) is 2.75. The average Bonchev–Trinajstić information content (AvgIpc) is 2.42. The molecule has 106 valence electrons. The molecule has 1 N–H and O–H groups in total. The molecule has 0 amide bonds. The lowest BCUT2D eigenvalue weighted by Gasteiger charge is -2.39. The van der Waals surface area contributed by atoms with Gasteiger partial charge in [0.1, 0.15) is 5.82 Å². The van der Waals surface area contributed by atoms with Gasteiger partial charge in [0.2, 0.25) is 0 Å². The summed E-state index contributed by atoms with van der Waals surface area (Å²) in [6.45, 7) is 13.2. The maximum absolute atomic E-state index is 4.44. The van der Waals surface area contributed by atoms with Crippen LogP contribution in [0, 0.1) is 0 Å². The molecule has 1 aliphatic heterocycles. The number of piperazine rings is 1. The van der Waals surface area contributed by atoms with E-state index in [0.29, 0.717) is 6.04 Å². The van der Waals surface area contributed by atoms with Gasteiger partial charge in [0.05, 0.1) is 0 Å². The van der Waals surface area contributed by atoms with E-state index in [1.165, 1.54) is 12.1 Å². The molecule has 1 fully saturated rings. The number of likely N-dealkylation sites (N-methyl/N-ethyl adjacent to an activating group) is 1. The third kappa shape index (κ3) is 3.91. The Bertz CT molecular complexity index is 376. The highest BCUT2D eigenvalue weighted by atomic mass is 15.3. The van der Waals surface area contributed by atoms with E-state index < -0.39 is 0 Å². The summed E-state index contributed by atoms with van der Waals surface area (Å²) in [5.41, 5.74) is 1.30. The molecular formula is C15H26N4. The molecule has 4 heteroatoms. The van der Waals surface area contributed by atoms with Crippen molar-refractivity contribution in [2.24, 2.45) is 0 Å². The van der Waals surface area contributed by atoms with Gasteiger partial charge in [-0.1, -0.05) is 13.0 Å². The van der Waals surface area contributed by atoms with E-state index in [0.717, 1.165) is 38.5 Å². The molecule has 0 aliphatic carbocycles. The summed E-state index contributed by atoms with van der Waals surface area (Å²) in [7, 11) is 0. The first kappa shape index (κ1) is 14.3. The van der Waals surface area contributed by atoms with Crippen molar-refractivity contribution in [3.63, 3.8) is 0 Å². The smallest absolute Gasteiger partial charge is 0.125 e. The summed E-state index contributed by atoms with van der Waals surface area (Å²) in [6, 6.07) is 4.92. The fourth-order valence-electron chi connectivity index (χ4n) is 2.75. The van der Waals surface area contributed by atoms with E-state index >= 15 is 0 Å². The van der Waals surface area contributed by atoms with Crippen molar-refractivity contribution in [2.45, 2.75) is 33.4 Å². The van der Waals surface area contributed by atoms with Gasteiger partial charge in [0, 0.05) is 45.0 Å². The minimum absolute atomic E-state index is 0.660. The Morgan fingerprint density at radius 1 is 1.32 bits per heavy atom. The van der Waals surface area contributed by atoms with Gasteiger partial charge < -0.3 is 5.32 Å². The molecule has 4 nitrogen and oxygen atoms in total. The van der Waals surface area contributed by atoms with E-state index in [9.17, 15) is 0 Å². The number of hydrogen-bond acceptors (Lipinski definition) is 4. The van der Waals surface area contributed by atoms with Gasteiger partial charge in [-0.3, -0.25) is 9.80 Å². The Labute approximate surface area is 116 Å². The largest absolute Gasteiger partial charge is 0.370 e. The van der Waals surface area contributed by atoms with Crippen LogP contribution in [-0.2, 0) is 6.54 Å². The highest BCUT2D eigenvalue weighted by Gasteiger charge is 2.22. The third-order valence-corrected chi connectivity index (χ3v) is 3.84. The molecule has 2 rings (SSSR count). The Morgan fingerprint density at radius 3 is 2.74 bits per heavy atom. The van der Waals surface area contributed by atoms with Crippen LogP contribution in [-0.4, -0.2) is 53.5 Å². The Hall–Kier alpha value is -1.13. The molecule has 0 saturated carbocycles. The van der Waals surface area contributed by atoms with Crippen LogP contribution in [0.15, 0.2) is 18.3 Å². The van der Waals surface area contributed by atoms with E-state index in [4.69, 9.17) is 0 Å². The van der Waals surface area contributed by atoms with E-state index in [-0.39, 0.29) is 0 Å². The fraction of sp³-hybridized carbons (Fsp3) is 0.667. The number of aromatic nitrogens is 1. The lowest BCUT2D eigenvalue weighted by Crippen LogP contribution is -2.51. The second-order valence-corrected chi connectivity index (χ2v) is 5.29. The molecule has 1 saturated heterocycles. The highest BCUT2D eigenvalue weighted by Crippen LogP contribution is 2.13. The van der Waals surface area contributed by atoms with Crippen LogP contribution >= 0.6 is 0 Å². The maximum atomic E-state index is 4.44. The number of nitrogens with one attached hydrogen (secondary N) is 1. The zero-order chi connectivity index (χ0) is 13.7. The molecular weight excluding hydrogens is 236 g/mol. The van der Waals surface area contributed by atoms with Gasteiger partial charge in [-0.25, -0.2) is 4.98 Å². The molecule has 1 unspecified atom stereocenters. The highest BCUT2D eigenvalue weighted by molar-refractivity contribution is 5.35. The van der Waals surface area contributed by atoms with Crippen LogP contribution in [0.4, 0.5) is 5.82 Å². The van der Waals surface area contributed by atoms with Crippen molar-refractivity contribution in [3.05, 3.63) is 23.9 Å². The SMILES string of the molecule is CCNc1ccc(CN2CCN(CC)C(C)C2)cn1. The van der Waals surface area contributed by atoms with Gasteiger partial charge >= 0.3 is 0 Å². The van der Waals surface area contributed by atoms with Gasteiger partial charge in [-0.05, 0) is 32.0 Å². The molecule has 1 aromatic heterocycles. The Balaban J connectivity index is 1.87. The van der Waals surface area contributed by atoms with Crippen LogP contribution < -0.4 is 5.32 Å². The van der Waals surface area contributed by atoms with Crippen molar-refractivity contribution >= 4 is 5.82 Å². The van der Waals surface area contributed by atoms with E-state index in [1.807, 2.05) is 6.20 Å². The number of hydrogen-bond donors (Lipinski definition) is 1. The molecule has 0 bridgehead atoms. The zero-order valence-corrected chi connectivity index (χ0v) is 12.4. The summed E-state index contributed by atoms with van der Waals surface area (Å²) < 4.78 is 0. The van der Waals surface area contributed by atoms with Crippen molar-refractivity contribution in [2.75, 3.05) is 38.0 Å². The quantitative estimate of drug-likeness (QED) is 0.880.